The molecule has 36 heavy (non-hydrogen) atoms. The molecule has 192 valence electrons. The minimum Gasteiger partial charge on any atom is -0.481 e. The highest BCUT2D eigenvalue weighted by molar-refractivity contribution is 6.30. The highest BCUT2D eigenvalue weighted by atomic mass is 35.5. The van der Waals surface area contributed by atoms with E-state index in [1.165, 1.54) is 0 Å². The Kier molecular flexibility index (Phi) is 7.40. The number of carboxylic acids is 1. The van der Waals surface area contributed by atoms with Crippen LogP contribution in [0.1, 0.15) is 70.0 Å². The highest BCUT2D eigenvalue weighted by Crippen LogP contribution is 2.52. The van der Waals surface area contributed by atoms with Crippen LogP contribution in [0.5, 0.6) is 0 Å². The predicted octanol–water partition coefficient (Wildman–Crippen LogP) is 6.52. The number of benzene rings is 2. The van der Waals surface area contributed by atoms with E-state index in [1.807, 2.05) is 74.2 Å². The number of nitrogens with zero attached hydrogens (tertiary/aromatic N) is 2. The average molecular weight is 531 g/mol. The van der Waals surface area contributed by atoms with Crippen LogP contribution in [0.2, 0.25) is 10.0 Å². The third kappa shape index (κ3) is 5.25. The Bertz CT molecular complexity index is 1180. The summed E-state index contributed by atoms with van der Waals surface area (Å²) >= 11 is 12.6. The van der Waals surface area contributed by atoms with Crippen molar-refractivity contribution in [1.29, 1.82) is 0 Å². The van der Waals surface area contributed by atoms with Crippen LogP contribution in [-0.4, -0.2) is 46.0 Å². The molecule has 4 atom stereocenters. The van der Waals surface area contributed by atoms with E-state index in [0.29, 0.717) is 35.4 Å². The van der Waals surface area contributed by atoms with Crippen molar-refractivity contribution >= 4 is 41.0 Å². The fourth-order valence-corrected chi connectivity index (χ4v) is 5.82. The van der Waals surface area contributed by atoms with Gasteiger partial charge in [0.05, 0.1) is 23.4 Å². The summed E-state index contributed by atoms with van der Waals surface area (Å²) in [4.78, 5) is 32.9. The molecule has 1 amide bonds. The van der Waals surface area contributed by atoms with E-state index in [9.17, 15) is 14.7 Å². The van der Waals surface area contributed by atoms with Crippen molar-refractivity contribution in [3.8, 4) is 0 Å². The topological polar surface area (TPSA) is 79.2 Å². The predicted molar refractivity (Wildman–Crippen MR) is 142 cm³/mol. The van der Waals surface area contributed by atoms with E-state index in [1.54, 1.807) is 6.92 Å². The lowest BCUT2D eigenvalue weighted by atomic mass is 9.67. The van der Waals surface area contributed by atoms with Crippen LogP contribution in [0.4, 0.5) is 0 Å². The van der Waals surface area contributed by atoms with E-state index in [2.05, 4.69) is 0 Å². The number of carbonyl (C=O) groups excluding carboxylic acids is 1. The molecule has 0 spiro atoms. The molecule has 0 bridgehead atoms. The molecular weight excluding hydrogens is 499 g/mol. The molecule has 8 heteroatoms. The Morgan fingerprint density at radius 2 is 1.83 bits per heavy atom. The minimum absolute atomic E-state index is 0.212. The Balaban J connectivity index is 1.93. The molecule has 2 heterocycles. The normalized spacial score (nSPS) is 26.3. The van der Waals surface area contributed by atoms with Gasteiger partial charge in [-0.25, -0.2) is 4.99 Å². The second kappa shape index (κ2) is 10.1. The van der Waals surface area contributed by atoms with Gasteiger partial charge < -0.3 is 14.7 Å². The lowest BCUT2D eigenvalue weighted by Crippen LogP contribution is -2.58. The van der Waals surface area contributed by atoms with Crippen LogP contribution >= 0.6 is 23.2 Å². The van der Waals surface area contributed by atoms with E-state index >= 15 is 0 Å². The first-order chi connectivity index (χ1) is 16.9. The van der Waals surface area contributed by atoms with E-state index in [-0.39, 0.29) is 18.2 Å². The molecule has 2 aromatic carbocycles. The van der Waals surface area contributed by atoms with Gasteiger partial charge in [-0.15, -0.1) is 0 Å². The molecular formula is C28H32Cl2N2O4. The van der Waals surface area contributed by atoms with Crippen molar-refractivity contribution in [1.82, 2.24) is 4.90 Å². The van der Waals surface area contributed by atoms with Gasteiger partial charge in [0.1, 0.15) is 12.6 Å². The fraction of sp³-hybridized carbons (Fsp3) is 0.464. The maximum atomic E-state index is 14.3. The number of aliphatic carboxylic acids is 1. The number of likely N-dealkylation sites (tertiary alicyclic amines) is 1. The number of amides is 1. The van der Waals surface area contributed by atoms with Crippen LogP contribution in [0, 0.1) is 5.41 Å². The first-order valence-corrected chi connectivity index (χ1v) is 13.0. The molecule has 2 aliphatic rings. The second-order valence-corrected chi connectivity index (χ2v) is 11.6. The SMILES string of the molecule is CC[C@@H](C1=NC(C)(C)CO1)N1C(=O)[C@@](C)(CC(=O)O)C[C@H](c2cccc(Cl)c2)[C@H]1c1ccc(Cl)cc1. The quantitative estimate of drug-likeness (QED) is 0.441. The summed E-state index contributed by atoms with van der Waals surface area (Å²) in [5, 5.41) is 11.0. The van der Waals surface area contributed by atoms with Gasteiger partial charge in [0.15, 0.2) is 0 Å². The van der Waals surface area contributed by atoms with Crippen LogP contribution in [-0.2, 0) is 14.3 Å². The molecule has 1 N–H and O–H groups in total. The van der Waals surface area contributed by atoms with E-state index in [4.69, 9.17) is 32.9 Å². The van der Waals surface area contributed by atoms with Gasteiger partial charge in [-0.1, -0.05) is 61.3 Å². The number of carboxylic acid groups (broad SMARTS) is 1. The number of halogens is 2. The van der Waals surface area contributed by atoms with E-state index in [0.717, 1.165) is 11.1 Å². The molecule has 6 nitrogen and oxygen atoms in total. The smallest absolute Gasteiger partial charge is 0.304 e. The van der Waals surface area contributed by atoms with Crippen LogP contribution < -0.4 is 0 Å². The van der Waals surface area contributed by atoms with Crippen LogP contribution in [0.3, 0.4) is 0 Å². The summed E-state index contributed by atoms with van der Waals surface area (Å²) in [5.74, 6) is -0.926. The Morgan fingerprint density at radius 1 is 1.14 bits per heavy atom. The van der Waals surface area contributed by atoms with Crippen LogP contribution in [0.15, 0.2) is 53.5 Å². The average Bonchev–Trinajstić information content (AvgIpc) is 3.16. The van der Waals surface area contributed by atoms with Crippen molar-refractivity contribution < 1.29 is 19.4 Å². The van der Waals surface area contributed by atoms with Gasteiger partial charge in [-0.3, -0.25) is 9.59 Å². The molecule has 1 fully saturated rings. The van der Waals surface area contributed by atoms with Gasteiger partial charge in [0.2, 0.25) is 11.8 Å². The molecule has 1 saturated heterocycles. The first-order valence-electron chi connectivity index (χ1n) is 12.2. The number of hydrogen-bond acceptors (Lipinski definition) is 4. The number of aliphatic imine (C=N–C) groups is 1. The lowest BCUT2D eigenvalue weighted by Gasteiger charge is -2.51. The zero-order valence-electron chi connectivity index (χ0n) is 21.0. The summed E-state index contributed by atoms with van der Waals surface area (Å²) in [6.45, 7) is 8.15. The van der Waals surface area contributed by atoms with Gasteiger partial charge >= 0.3 is 5.97 Å². The lowest BCUT2D eigenvalue weighted by molar-refractivity contribution is -0.159. The molecule has 0 radical (unpaired) electrons. The number of ether oxygens (including phenoxy) is 1. The van der Waals surface area contributed by atoms with Crippen molar-refractivity contribution in [3.63, 3.8) is 0 Å². The zero-order chi connectivity index (χ0) is 26.3. The summed E-state index contributed by atoms with van der Waals surface area (Å²) in [5.41, 5.74) is 0.338. The van der Waals surface area contributed by atoms with Crippen molar-refractivity contribution in [2.75, 3.05) is 6.61 Å². The molecule has 0 aliphatic carbocycles. The maximum Gasteiger partial charge on any atom is 0.304 e. The van der Waals surface area contributed by atoms with Gasteiger partial charge in [-0.05, 0) is 62.1 Å². The monoisotopic (exact) mass is 530 g/mol. The van der Waals surface area contributed by atoms with Gasteiger partial charge in [0.25, 0.3) is 0 Å². The second-order valence-electron chi connectivity index (χ2n) is 10.7. The molecule has 2 aliphatic heterocycles. The molecule has 0 aromatic heterocycles. The van der Waals surface area contributed by atoms with Crippen molar-refractivity contribution in [2.45, 2.75) is 70.5 Å². The third-order valence-electron chi connectivity index (χ3n) is 7.13. The Labute approximate surface area is 222 Å². The van der Waals surface area contributed by atoms with Gasteiger partial charge in [0, 0.05) is 16.0 Å². The summed E-state index contributed by atoms with van der Waals surface area (Å²) in [7, 11) is 0. The fourth-order valence-electron chi connectivity index (χ4n) is 5.50. The van der Waals surface area contributed by atoms with Gasteiger partial charge in [-0.2, -0.15) is 0 Å². The Hall–Kier alpha value is -2.57. The summed E-state index contributed by atoms with van der Waals surface area (Å²) < 4.78 is 6.03. The maximum absolute atomic E-state index is 14.3. The number of hydrogen-bond donors (Lipinski definition) is 1. The number of piperidine rings is 1. The van der Waals surface area contributed by atoms with Crippen molar-refractivity contribution in [3.05, 3.63) is 69.7 Å². The first kappa shape index (κ1) is 26.5. The molecule has 4 rings (SSSR count). The zero-order valence-corrected chi connectivity index (χ0v) is 22.5. The summed E-state index contributed by atoms with van der Waals surface area (Å²) in [6.07, 6.45) is 0.648. The number of carbonyl (C=O) groups is 2. The van der Waals surface area contributed by atoms with E-state index < -0.39 is 29.0 Å². The number of rotatable bonds is 7. The van der Waals surface area contributed by atoms with Crippen molar-refractivity contribution in [2.24, 2.45) is 10.4 Å². The largest absolute Gasteiger partial charge is 0.481 e. The standard InChI is InChI=1S/C28H32Cl2N2O4/c1-5-22(25-31-27(2,3)16-36-25)32-24(17-9-11-19(29)12-10-17)21(18-7-6-8-20(30)13-18)14-28(4,26(32)35)15-23(33)34/h6-13,21-22,24H,5,14-16H2,1-4H3,(H,33,34)/t21-,22+,24-,28-/m1/s1. The molecule has 0 unspecified atom stereocenters. The van der Waals surface area contributed by atoms with Crippen LogP contribution in [0.25, 0.3) is 0 Å². The summed E-state index contributed by atoms with van der Waals surface area (Å²) in [6, 6.07) is 14.2. The third-order valence-corrected chi connectivity index (χ3v) is 7.61. The molecule has 2 aromatic rings. The Morgan fingerprint density at radius 3 is 2.39 bits per heavy atom. The molecule has 0 saturated carbocycles. The minimum atomic E-state index is -1.12. The highest BCUT2D eigenvalue weighted by Gasteiger charge is 2.53.